The zero-order valence-electron chi connectivity index (χ0n) is 17.2. The number of rotatable bonds is 4. The van der Waals surface area contributed by atoms with Gasteiger partial charge >= 0.3 is 5.97 Å². The maximum absolute atomic E-state index is 13.5. The average Bonchev–Trinajstić information content (AvgIpc) is 3.41. The molecular formula is C23H26FN3O3. The molecule has 2 heterocycles. The fourth-order valence-electron chi connectivity index (χ4n) is 5.86. The summed E-state index contributed by atoms with van der Waals surface area (Å²) in [7, 11) is 0. The highest BCUT2D eigenvalue weighted by Gasteiger charge is 2.62. The van der Waals surface area contributed by atoms with Crippen molar-refractivity contribution in [3.8, 4) is 0 Å². The Morgan fingerprint density at radius 2 is 1.80 bits per heavy atom. The second-order valence-corrected chi connectivity index (χ2v) is 9.31. The van der Waals surface area contributed by atoms with Gasteiger partial charge in [-0.2, -0.15) is 5.10 Å². The molecule has 0 saturated heterocycles. The van der Waals surface area contributed by atoms with Crippen molar-refractivity contribution in [2.75, 3.05) is 6.54 Å². The minimum atomic E-state index is -0.747. The fourth-order valence-corrected chi connectivity index (χ4v) is 5.86. The van der Waals surface area contributed by atoms with E-state index in [1.54, 1.807) is 12.1 Å². The lowest BCUT2D eigenvalue weighted by Gasteiger charge is -2.35. The molecule has 0 atom stereocenters. The van der Waals surface area contributed by atoms with Crippen LogP contribution in [0.5, 0.6) is 0 Å². The van der Waals surface area contributed by atoms with Crippen LogP contribution in [-0.2, 0) is 29.1 Å². The molecule has 1 N–H and O–H groups in total. The van der Waals surface area contributed by atoms with Crippen LogP contribution < -0.4 is 0 Å². The van der Waals surface area contributed by atoms with Gasteiger partial charge in [0.05, 0.1) is 35.3 Å². The molecule has 6 nitrogen and oxygen atoms in total. The number of fused-ring (bicyclic) bond motifs is 3. The van der Waals surface area contributed by atoms with Crippen molar-refractivity contribution in [1.82, 2.24) is 14.7 Å². The van der Waals surface area contributed by atoms with E-state index >= 15 is 0 Å². The molecule has 2 saturated carbocycles. The van der Waals surface area contributed by atoms with E-state index in [9.17, 15) is 19.1 Å². The van der Waals surface area contributed by atoms with Gasteiger partial charge in [0.15, 0.2) is 0 Å². The van der Waals surface area contributed by atoms with E-state index < -0.39 is 16.8 Å². The Balaban J connectivity index is 1.38. The predicted octanol–water partition coefficient (Wildman–Crippen LogP) is 3.30. The van der Waals surface area contributed by atoms with Gasteiger partial charge in [0.25, 0.3) is 0 Å². The van der Waals surface area contributed by atoms with Gasteiger partial charge in [-0.05, 0) is 68.7 Å². The summed E-state index contributed by atoms with van der Waals surface area (Å²) in [6.45, 7) is 3.67. The number of aliphatic carboxylic acids is 1. The number of carbonyl (C=O) groups excluding carboxylic acids is 1. The lowest BCUT2D eigenvalue weighted by Crippen LogP contribution is -2.44. The molecule has 1 amide bonds. The normalized spacial score (nSPS) is 27.3. The van der Waals surface area contributed by atoms with Gasteiger partial charge in [0.1, 0.15) is 5.82 Å². The Labute approximate surface area is 174 Å². The van der Waals surface area contributed by atoms with Crippen LogP contribution in [-0.4, -0.2) is 38.2 Å². The number of carboxylic acids is 1. The summed E-state index contributed by atoms with van der Waals surface area (Å²) in [6.07, 6.45) is 3.80. The first kappa shape index (κ1) is 19.3. The number of carbonyl (C=O) groups is 2. The monoisotopic (exact) mass is 411 g/mol. The van der Waals surface area contributed by atoms with E-state index in [1.165, 1.54) is 17.7 Å². The van der Waals surface area contributed by atoms with Gasteiger partial charge < -0.3 is 10.0 Å². The van der Waals surface area contributed by atoms with Crippen LogP contribution in [0.2, 0.25) is 0 Å². The van der Waals surface area contributed by atoms with Crippen LogP contribution in [0.1, 0.15) is 54.6 Å². The smallest absolute Gasteiger partial charge is 0.309 e. The Hall–Kier alpha value is -2.70. The number of benzene rings is 1. The predicted molar refractivity (Wildman–Crippen MR) is 107 cm³/mol. The van der Waals surface area contributed by atoms with E-state index in [2.05, 4.69) is 5.10 Å². The van der Waals surface area contributed by atoms with Gasteiger partial charge in [0, 0.05) is 6.54 Å². The number of nitrogens with zero attached hydrogens (tertiary/aromatic N) is 3. The molecule has 0 radical (unpaired) electrons. The summed E-state index contributed by atoms with van der Waals surface area (Å²) in [6, 6.07) is 6.40. The van der Waals surface area contributed by atoms with Crippen LogP contribution >= 0.6 is 0 Å². The third-order valence-corrected chi connectivity index (χ3v) is 7.62. The van der Waals surface area contributed by atoms with Crippen LogP contribution in [0.3, 0.4) is 0 Å². The number of carboxylic acid groups (broad SMARTS) is 1. The SMILES string of the molecule is Cc1nn(Cc2ccc(F)cc2)c2c1CCN(C(=O)C13CCC(C(=O)O)(CC1)C3)C2. The summed E-state index contributed by atoms with van der Waals surface area (Å²) >= 11 is 0. The van der Waals surface area contributed by atoms with Crippen molar-refractivity contribution in [3.05, 3.63) is 52.6 Å². The topological polar surface area (TPSA) is 75.4 Å². The molecule has 2 fully saturated rings. The molecule has 30 heavy (non-hydrogen) atoms. The first-order valence-electron chi connectivity index (χ1n) is 10.6. The lowest BCUT2D eigenvalue weighted by molar-refractivity contribution is -0.148. The van der Waals surface area contributed by atoms with Gasteiger partial charge in [0.2, 0.25) is 5.91 Å². The van der Waals surface area contributed by atoms with E-state index in [-0.39, 0.29) is 11.7 Å². The Morgan fingerprint density at radius 1 is 1.13 bits per heavy atom. The summed E-state index contributed by atoms with van der Waals surface area (Å²) in [5, 5.41) is 14.4. The second kappa shape index (κ2) is 6.65. The van der Waals surface area contributed by atoms with Crippen molar-refractivity contribution in [3.63, 3.8) is 0 Å². The standard InChI is InChI=1S/C23H26FN3O3/c1-15-18-6-11-26(20(28)22-7-9-23(14-22,10-8-22)21(29)30)13-19(18)27(25-15)12-16-2-4-17(24)5-3-16/h2-5H,6-14H2,1H3,(H,29,30). The number of hydrogen-bond donors (Lipinski definition) is 1. The van der Waals surface area contributed by atoms with Crippen LogP contribution in [0.25, 0.3) is 0 Å². The summed E-state index contributed by atoms with van der Waals surface area (Å²) < 4.78 is 15.2. The molecule has 158 valence electrons. The molecule has 1 aromatic heterocycles. The molecule has 1 aliphatic heterocycles. The highest BCUT2D eigenvalue weighted by molar-refractivity contribution is 5.87. The Bertz CT molecular complexity index is 1020. The van der Waals surface area contributed by atoms with Gasteiger partial charge in [-0.1, -0.05) is 12.1 Å². The van der Waals surface area contributed by atoms with Crippen molar-refractivity contribution < 1.29 is 19.1 Å². The first-order valence-corrected chi connectivity index (χ1v) is 10.6. The molecular weight excluding hydrogens is 385 g/mol. The van der Waals surface area contributed by atoms with Crippen molar-refractivity contribution in [2.24, 2.45) is 10.8 Å². The lowest BCUT2D eigenvalue weighted by atomic mass is 9.81. The highest BCUT2D eigenvalue weighted by atomic mass is 19.1. The molecule has 2 aliphatic carbocycles. The maximum atomic E-state index is 13.5. The molecule has 1 aromatic carbocycles. The van der Waals surface area contributed by atoms with E-state index in [4.69, 9.17) is 0 Å². The van der Waals surface area contributed by atoms with E-state index in [0.29, 0.717) is 51.7 Å². The average molecular weight is 411 g/mol. The van der Waals surface area contributed by atoms with Crippen LogP contribution in [0.15, 0.2) is 24.3 Å². The third kappa shape index (κ3) is 2.86. The van der Waals surface area contributed by atoms with Crippen LogP contribution in [0.4, 0.5) is 4.39 Å². The molecule has 2 bridgehead atoms. The molecule has 5 rings (SSSR count). The highest BCUT2D eigenvalue weighted by Crippen LogP contribution is 2.62. The van der Waals surface area contributed by atoms with E-state index in [0.717, 1.165) is 23.4 Å². The number of aryl methyl sites for hydroxylation is 1. The van der Waals surface area contributed by atoms with Crippen molar-refractivity contribution >= 4 is 11.9 Å². The summed E-state index contributed by atoms with van der Waals surface area (Å²) in [4.78, 5) is 27.2. The number of halogens is 1. The molecule has 7 heteroatoms. The first-order chi connectivity index (χ1) is 14.3. The summed E-state index contributed by atoms with van der Waals surface area (Å²) in [5.74, 6) is -0.899. The minimum absolute atomic E-state index is 0.112. The molecule has 3 aliphatic rings. The zero-order chi connectivity index (χ0) is 21.1. The second-order valence-electron chi connectivity index (χ2n) is 9.31. The maximum Gasteiger partial charge on any atom is 0.309 e. The van der Waals surface area contributed by atoms with Crippen molar-refractivity contribution in [2.45, 2.75) is 58.5 Å². The van der Waals surface area contributed by atoms with Crippen LogP contribution in [0, 0.1) is 23.6 Å². The number of hydrogen-bond acceptors (Lipinski definition) is 3. The molecule has 0 unspecified atom stereocenters. The minimum Gasteiger partial charge on any atom is -0.481 e. The zero-order valence-corrected chi connectivity index (χ0v) is 17.2. The largest absolute Gasteiger partial charge is 0.481 e. The summed E-state index contributed by atoms with van der Waals surface area (Å²) in [5.41, 5.74) is 2.96. The van der Waals surface area contributed by atoms with Gasteiger partial charge in [-0.15, -0.1) is 0 Å². The fraction of sp³-hybridized carbons (Fsp3) is 0.522. The van der Waals surface area contributed by atoms with Gasteiger partial charge in [-0.3, -0.25) is 14.3 Å². The molecule has 2 aromatic rings. The number of amides is 1. The van der Waals surface area contributed by atoms with Gasteiger partial charge in [-0.25, -0.2) is 4.39 Å². The quantitative estimate of drug-likeness (QED) is 0.838. The van der Waals surface area contributed by atoms with Crippen molar-refractivity contribution in [1.29, 1.82) is 0 Å². The Morgan fingerprint density at radius 3 is 2.43 bits per heavy atom. The number of aromatic nitrogens is 2. The Kier molecular flexibility index (Phi) is 4.27. The third-order valence-electron chi connectivity index (χ3n) is 7.62. The molecule has 0 spiro atoms. The van der Waals surface area contributed by atoms with E-state index in [1.807, 2.05) is 16.5 Å².